The monoisotopic (exact) mass is 175 g/mol. The van der Waals surface area contributed by atoms with Gasteiger partial charge in [0.1, 0.15) is 4.99 Å². The maximum atomic E-state index is 5.24. The number of hydrogen-bond acceptors (Lipinski definition) is 1. The lowest BCUT2D eigenvalue weighted by atomic mass is 10.1. The summed E-state index contributed by atoms with van der Waals surface area (Å²) in [5, 5.41) is 0. The summed E-state index contributed by atoms with van der Waals surface area (Å²) in [4.78, 5) is 2.82. The standard InChI is InChI=1S/C10H9NS/c1-7-8-5-3-4-6-9(8)10(12)11(7)2/h3-6H,1H2,2H3. The van der Waals surface area contributed by atoms with Crippen molar-refractivity contribution in [3.8, 4) is 0 Å². The minimum absolute atomic E-state index is 0.871. The second-order valence-electron chi connectivity index (χ2n) is 2.86. The van der Waals surface area contributed by atoms with Crippen molar-refractivity contribution < 1.29 is 0 Å². The van der Waals surface area contributed by atoms with E-state index in [0.717, 1.165) is 21.8 Å². The van der Waals surface area contributed by atoms with Crippen LogP contribution in [0.2, 0.25) is 0 Å². The third-order valence-electron chi connectivity index (χ3n) is 2.18. The van der Waals surface area contributed by atoms with Crippen molar-refractivity contribution in [1.29, 1.82) is 0 Å². The van der Waals surface area contributed by atoms with Crippen molar-refractivity contribution in [2.45, 2.75) is 0 Å². The second kappa shape index (κ2) is 2.42. The van der Waals surface area contributed by atoms with Crippen molar-refractivity contribution in [3.63, 3.8) is 0 Å². The molecule has 1 nitrogen and oxygen atoms in total. The van der Waals surface area contributed by atoms with Crippen LogP contribution in [0.1, 0.15) is 11.1 Å². The zero-order valence-electron chi connectivity index (χ0n) is 6.87. The van der Waals surface area contributed by atoms with E-state index in [1.165, 1.54) is 0 Å². The Hall–Kier alpha value is -1.15. The average Bonchev–Trinajstić information content (AvgIpc) is 2.33. The van der Waals surface area contributed by atoms with E-state index >= 15 is 0 Å². The molecule has 0 saturated carbocycles. The number of benzene rings is 1. The SMILES string of the molecule is C=C1c2ccccc2C(=S)N1C. The summed E-state index contributed by atoms with van der Waals surface area (Å²) in [6, 6.07) is 8.09. The Labute approximate surface area is 77.3 Å². The van der Waals surface area contributed by atoms with Crippen LogP contribution in [0.3, 0.4) is 0 Å². The topological polar surface area (TPSA) is 3.24 Å². The number of nitrogens with zero attached hydrogens (tertiary/aromatic N) is 1. The van der Waals surface area contributed by atoms with E-state index in [4.69, 9.17) is 12.2 Å². The fourth-order valence-corrected chi connectivity index (χ4v) is 1.69. The van der Waals surface area contributed by atoms with Crippen LogP contribution in [0.25, 0.3) is 5.70 Å². The van der Waals surface area contributed by atoms with Gasteiger partial charge in [0.15, 0.2) is 0 Å². The van der Waals surface area contributed by atoms with Gasteiger partial charge in [-0.2, -0.15) is 0 Å². The minimum Gasteiger partial charge on any atom is -0.335 e. The average molecular weight is 175 g/mol. The molecule has 1 aliphatic heterocycles. The number of rotatable bonds is 0. The van der Waals surface area contributed by atoms with Crippen LogP contribution in [0, 0.1) is 0 Å². The first-order valence-electron chi connectivity index (χ1n) is 3.78. The molecule has 1 heterocycles. The Morgan fingerprint density at radius 3 is 2.42 bits per heavy atom. The Morgan fingerprint density at radius 1 is 1.25 bits per heavy atom. The molecule has 0 aromatic heterocycles. The van der Waals surface area contributed by atoms with E-state index in [9.17, 15) is 0 Å². The summed E-state index contributed by atoms with van der Waals surface area (Å²) >= 11 is 5.24. The molecule has 0 spiro atoms. The largest absolute Gasteiger partial charge is 0.335 e. The van der Waals surface area contributed by atoms with Gasteiger partial charge in [-0.1, -0.05) is 43.1 Å². The maximum absolute atomic E-state index is 5.24. The maximum Gasteiger partial charge on any atom is 0.114 e. The predicted octanol–water partition coefficient (Wildman–Crippen LogP) is 2.28. The van der Waals surface area contributed by atoms with Crippen molar-refractivity contribution >= 4 is 22.9 Å². The summed E-state index contributed by atoms with van der Waals surface area (Å²) < 4.78 is 0. The molecule has 0 N–H and O–H groups in total. The van der Waals surface area contributed by atoms with E-state index in [1.54, 1.807) is 0 Å². The van der Waals surface area contributed by atoms with Crippen molar-refractivity contribution in [3.05, 3.63) is 42.0 Å². The number of thiocarbonyl (C=S) groups is 1. The van der Waals surface area contributed by atoms with Gasteiger partial charge in [-0.15, -0.1) is 0 Å². The molecule has 60 valence electrons. The molecule has 0 unspecified atom stereocenters. The molecule has 12 heavy (non-hydrogen) atoms. The highest BCUT2D eigenvalue weighted by molar-refractivity contribution is 7.80. The number of fused-ring (bicyclic) bond motifs is 1. The molecule has 1 aromatic carbocycles. The van der Waals surface area contributed by atoms with Gasteiger partial charge < -0.3 is 4.90 Å². The van der Waals surface area contributed by atoms with Crippen LogP contribution in [0.4, 0.5) is 0 Å². The number of hydrogen-bond donors (Lipinski definition) is 0. The third-order valence-corrected chi connectivity index (χ3v) is 2.67. The lowest BCUT2D eigenvalue weighted by Gasteiger charge is -2.10. The van der Waals surface area contributed by atoms with E-state index in [-0.39, 0.29) is 0 Å². The summed E-state index contributed by atoms with van der Waals surface area (Å²) in [6.45, 7) is 3.97. The summed E-state index contributed by atoms with van der Waals surface area (Å²) in [5.74, 6) is 0. The molecule has 0 atom stereocenters. The molecule has 0 fully saturated rings. The second-order valence-corrected chi connectivity index (χ2v) is 3.24. The Bertz CT molecular complexity index is 333. The van der Waals surface area contributed by atoms with Gasteiger partial charge in [0.25, 0.3) is 0 Å². The van der Waals surface area contributed by atoms with E-state index in [1.807, 2.05) is 36.2 Å². The quantitative estimate of drug-likeness (QED) is 0.556. The third kappa shape index (κ3) is 0.816. The molecule has 0 bridgehead atoms. The molecule has 1 aromatic rings. The van der Waals surface area contributed by atoms with Gasteiger partial charge in [-0.25, -0.2) is 0 Å². The van der Waals surface area contributed by atoms with E-state index in [0.29, 0.717) is 0 Å². The van der Waals surface area contributed by atoms with Crippen LogP contribution in [-0.4, -0.2) is 16.9 Å². The van der Waals surface area contributed by atoms with Crippen molar-refractivity contribution in [2.24, 2.45) is 0 Å². The fraction of sp³-hybridized carbons (Fsp3) is 0.100. The van der Waals surface area contributed by atoms with Crippen LogP contribution in [0.5, 0.6) is 0 Å². The van der Waals surface area contributed by atoms with Gasteiger partial charge in [0.2, 0.25) is 0 Å². The fourth-order valence-electron chi connectivity index (χ4n) is 1.41. The summed E-state index contributed by atoms with van der Waals surface area (Å²) in [6.07, 6.45) is 0. The normalized spacial score (nSPS) is 15.2. The first kappa shape index (κ1) is 7.50. The highest BCUT2D eigenvalue weighted by atomic mass is 32.1. The lowest BCUT2D eigenvalue weighted by Crippen LogP contribution is -2.15. The molecule has 2 rings (SSSR count). The van der Waals surface area contributed by atoms with Crippen molar-refractivity contribution in [1.82, 2.24) is 4.90 Å². The van der Waals surface area contributed by atoms with Crippen LogP contribution < -0.4 is 0 Å². The lowest BCUT2D eigenvalue weighted by molar-refractivity contribution is 0.755. The molecule has 2 heteroatoms. The molecular weight excluding hydrogens is 166 g/mol. The highest BCUT2D eigenvalue weighted by Crippen LogP contribution is 2.29. The van der Waals surface area contributed by atoms with Crippen LogP contribution in [-0.2, 0) is 0 Å². The molecular formula is C10H9NS. The van der Waals surface area contributed by atoms with Gasteiger partial charge in [-0.3, -0.25) is 0 Å². The van der Waals surface area contributed by atoms with Crippen LogP contribution in [0.15, 0.2) is 30.8 Å². The molecule has 0 saturated heterocycles. The van der Waals surface area contributed by atoms with Gasteiger partial charge in [-0.05, 0) is 0 Å². The Morgan fingerprint density at radius 2 is 1.83 bits per heavy atom. The summed E-state index contributed by atoms with van der Waals surface area (Å²) in [7, 11) is 1.95. The van der Waals surface area contributed by atoms with Gasteiger partial charge >= 0.3 is 0 Å². The molecule has 0 aliphatic carbocycles. The van der Waals surface area contributed by atoms with Gasteiger partial charge in [0.05, 0.1) is 0 Å². The zero-order valence-corrected chi connectivity index (χ0v) is 7.69. The predicted molar refractivity (Wildman–Crippen MR) is 54.9 cm³/mol. The Balaban J connectivity index is 2.67. The highest BCUT2D eigenvalue weighted by Gasteiger charge is 2.23. The Kier molecular flexibility index (Phi) is 1.51. The molecule has 0 amide bonds. The van der Waals surface area contributed by atoms with Gasteiger partial charge in [0, 0.05) is 23.9 Å². The zero-order chi connectivity index (χ0) is 8.72. The minimum atomic E-state index is 0.871. The van der Waals surface area contributed by atoms with E-state index in [2.05, 4.69) is 6.58 Å². The molecule has 0 radical (unpaired) electrons. The molecule has 1 aliphatic rings. The summed E-state index contributed by atoms with van der Waals surface area (Å²) in [5.41, 5.74) is 3.28. The van der Waals surface area contributed by atoms with Crippen molar-refractivity contribution in [2.75, 3.05) is 7.05 Å². The van der Waals surface area contributed by atoms with E-state index < -0.39 is 0 Å². The first-order valence-corrected chi connectivity index (χ1v) is 4.19. The first-order chi connectivity index (χ1) is 5.72. The smallest absolute Gasteiger partial charge is 0.114 e. The van der Waals surface area contributed by atoms with Crippen LogP contribution >= 0.6 is 12.2 Å².